The number of rotatable bonds is 30. The Labute approximate surface area is 231 Å². The van der Waals surface area contributed by atoms with Gasteiger partial charge in [0, 0.05) is 0 Å². The van der Waals surface area contributed by atoms with Crippen molar-refractivity contribution in [3.05, 3.63) is 0 Å². The molecule has 0 rings (SSSR count). The molecule has 0 radical (unpaired) electrons. The molecule has 13 nitrogen and oxygen atoms in total. The minimum Gasteiger partial charge on any atom is -0.376 e. The van der Waals surface area contributed by atoms with Crippen molar-refractivity contribution in [2.75, 3.05) is 106 Å². The van der Waals surface area contributed by atoms with E-state index in [-0.39, 0.29) is 129 Å². The molecule has 0 aromatic rings. The van der Waals surface area contributed by atoms with Gasteiger partial charge in [-0.15, -0.1) is 0 Å². The zero-order valence-corrected chi connectivity index (χ0v) is 23.8. The van der Waals surface area contributed by atoms with Gasteiger partial charge in [0.1, 0.15) is 38.6 Å². The summed E-state index contributed by atoms with van der Waals surface area (Å²) in [5.74, 6) is -0.279. The lowest BCUT2D eigenvalue weighted by Gasteiger charge is -2.22. The van der Waals surface area contributed by atoms with Gasteiger partial charge in [0.2, 0.25) is 0 Å². The van der Waals surface area contributed by atoms with Gasteiger partial charge in [-0.25, -0.2) is 0 Å². The van der Waals surface area contributed by atoms with Gasteiger partial charge in [-0.3, -0.25) is 19.2 Å². The summed E-state index contributed by atoms with van der Waals surface area (Å²) in [4.78, 5) is 43.9. The monoisotopic (exact) mass is 566 g/mol. The maximum absolute atomic E-state index is 11.0. The summed E-state index contributed by atoms with van der Waals surface area (Å²) in [6, 6.07) is 0. The number of hydrogen-bond donors (Lipinski definition) is 0. The fraction of sp³-hybridized carbons (Fsp3) is 0.846. The Morgan fingerprint density at radius 2 is 0.641 bits per heavy atom. The first-order valence-corrected chi connectivity index (χ1v) is 13.0. The number of hydrogen-bond acceptors (Lipinski definition) is 13. The quantitative estimate of drug-likeness (QED) is 0.109. The van der Waals surface area contributed by atoms with Crippen molar-refractivity contribution in [3.8, 4) is 0 Å². The van der Waals surface area contributed by atoms with Gasteiger partial charge in [0.15, 0.2) is 23.1 Å². The van der Waals surface area contributed by atoms with Gasteiger partial charge >= 0.3 is 0 Å². The van der Waals surface area contributed by atoms with E-state index >= 15 is 0 Å². The molecule has 0 bridgehead atoms. The van der Waals surface area contributed by atoms with Crippen molar-refractivity contribution in [3.63, 3.8) is 0 Å². The standard InChI is InChI=1S/C26H46O13/c1-21(27)13-31-5-7-35-17-25(38-11-9-33-15-23(3)29)19-37-20-26(39-12-10-34-16-24(4)30)18-36-8-6-32-14-22(2)28/h25-26H,5-20H2,1-4H3. The number of ketones is 4. The Bertz CT molecular complexity index is 602. The third-order valence-corrected chi connectivity index (χ3v) is 4.34. The molecule has 0 aliphatic heterocycles. The van der Waals surface area contributed by atoms with Crippen molar-refractivity contribution in [2.45, 2.75) is 39.9 Å². The molecule has 0 aromatic carbocycles. The molecule has 0 fully saturated rings. The first kappa shape index (κ1) is 37.3. The number of carbonyl (C=O) groups excluding carboxylic acids is 4. The second kappa shape index (κ2) is 26.5. The minimum absolute atomic E-state index is 0.0173. The van der Waals surface area contributed by atoms with E-state index < -0.39 is 12.2 Å². The molecular formula is C26H46O13. The van der Waals surface area contributed by atoms with Crippen molar-refractivity contribution >= 4 is 23.1 Å². The molecule has 2 atom stereocenters. The van der Waals surface area contributed by atoms with Crippen molar-refractivity contribution in [2.24, 2.45) is 0 Å². The van der Waals surface area contributed by atoms with Crippen LogP contribution in [0, 0.1) is 0 Å². The summed E-state index contributed by atoms with van der Waals surface area (Å²) in [7, 11) is 0. The summed E-state index contributed by atoms with van der Waals surface area (Å²) < 4.78 is 49.4. The van der Waals surface area contributed by atoms with Crippen molar-refractivity contribution in [1.82, 2.24) is 0 Å². The van der Waals surface area contributed by atoms with Gasteiger partial charge < -0.3 is 42.6 Å². The Kier molecular flexibility index (Phi) is 25.4. The SMILES string of the molecule is CC(=O)COCCOCC(COCC(COCCOCC(C)=O)OCCOCC(C)=O)OCCOCC(C)=O. The molecule has 0 heterocycles. The Balaban J connectivity index is 4.58. The Morgan fingerprint density at radius 3 is 0.949 bits per heavy atom. The van der Waals surface area contributed by atoms with Crippen LogP contribution in [-0.2, 0) is 61.8 Å². The first-order chi connectivity index (χ1) is 18.7. The van der Waals surface area contributed by atoms with E-state index in [1.165, 1.54) is 27.7 Å². The van der Waals surface area contributed by atoms with Crippen LogP contribution in [-0.4, -0.2) is 141 Å². The molecule has 0 aromatic heterocycles. The van der Waals surface area contributed by atoms with Crippen LogP contribution < -0.4 is 0 Å². The van der Waals surface area contributed by atoms with E-state index in [0.717, 1.165) is 0 Å². The van der Waals surface area contributed by atoms with E-state index in [0.29, 0.717) is 0 Å². The molecular weight excluding hydrogens is 520 g/mol. The van der Waals surface area contributed by atoms with E-state index in [2.05, 4.69) is 0 Å². The molecule has 0 aliphatic rings. The van der Waals surface area contributed by atoms with Crippen LogP contribution in [0.1, 0.15) is 27.7 Å². The van der Waals surface area contributed by atoms with Crippen LogP contribution in [0.2, 0.25) is 0 Å². The molecule has 13 heteroatoms. The third kappa shape index (κ3) is 29.1. The third-order valence-electron chi connectivity index (χ3n) is 4.34. The number of carbonyl (C=O) groups is 4. The summed E-state index contributed by atoms with van der Waals surface area (Å²) in [6.45, 7) is 8.71. The van der Waals surface area contributed by atoms with Crippen molar-refractivity contribution < 1.29 is 61.8 Å². The van der Waals surface area contributed by atoms with Crippen LogP contribution in [0.4, 0.5) is 0 Å². The summed E-state index contributed by atoms with van der Waals surface area (Å²) in [5.41, 5.74) is 0. The molecule has 228 valence electrons. The Morgan fingerprint density at radius 1 is 0.385 bits per heavy atom. The second-order valence-electron chi connectivity index (χ2n) is 8.69. The van der Waals surface area contributed by atoms with Gasteiger partial charge in [-0.05, 0) is 27.7 Å². The predicted octanol–water partition coefficient (Wildman–Crippen LogP) is 0.229. The van der Waals surface area contributed by atoms with Crippen molar-refractivity contribution in [1.29, 1.82) is 0 Å². The largest absolute Gasteiger partial charge is 0.376 e. The van der Waals surface area contributed by atoms with Gasteiger partial charge in [-0.2, -0.15) is 0 Å². The first-order valence-electron chi connectivity index (χ1n) is 13.0. The van der Waals surface area contributed by atoms with E-state index in [9.17, 15) is 19.2 Å². The smallest absolute Gasteiger partial charge is 0.155 e. The summed E-state index contributed by atoms with van der Waals surface area (Å²) >= 11 is 0. The highest BCUT2D eigenvalue weighted by Crippen LogP contribution is 2.01. The minimum atomic E-state index is -0.431. The molecule has 0 saturated heterocycles. The molecule has 0 aliphatic carbocycles. The number of Topliss-reactive ketones (excluding diaryl/α,β-unsaturated/α-hetero) is 4. The lowest BCUT2D eigenvalue weighted by Crippen LogP contribution is -2.32. The maximum Gasteiger partial charge on any atom is 0.155 e. The highest BCUT2D eigenvalue weighted by molar-refractivity contribution is 5.77. The molecule has 0 amide bonds. The van der Waals surface area contributed by atoms with Crippen LogP contribution in [0.5, 0.6) is 0 Å². The molecule has 0 saturated carbocycles. The lowest BCUT2D eigenvalue weighted by atomic mass is 10.3. The second-order valence-corrected chi connectivity index (χ2v) is 8.69. The fourth-order valence-corrected chi connectivity index (χ4v) is 2.70. The fourth-order valence-electron chi connectivity index (χ4n) is 2.70. The zero-order valence-electron chi connectivity index (χ0n) is 23.8. The average molecular weight is 567 g/mol. The van der Waals surface area contributed by atoms with Gasteiger partial charge in [-0.1, -0.05) is 0 Å². The number of ether oxygens (including phenoxy) is 9. The lowest BCUT2D eigenvalue weighted by molar-refractivity contribution is -0.127. The summed E-state index contributed by atoms with van der Waals surface area (Å²) in [5, 5.41) is 0. The van der Waals surface area contributed by atoms with Crippen LogP contribution in [0.3, 0.4) is 0 Å². The zero-order chi connectivity index (χ0) is 29.1. The van der Waals surface area contributed by atoms with E-state index in [1.807, 2.05) is 0 Å². The molecule has 0 N–H and O–H groups in total. The topological polar surface area (TPSA) is 151 Å². The molecule has 2 unspecified atom stereocenters. The molecule has 39 heavy (non-hydrogen) atoms. The van der Waals surface area contributed by atoms with E-state index in [4.69, 9.17) is 42.6 Å². The van der Waals surface area contributed by atoms with Gasteiger partial charge in [0.05, 0.1) is 79.3 Å². The van der Waals surface area contributed by atoms with Crippen LogP contribution >= 0.6 is 0 Å². The maximum atomic E-state index is 11.0. The molecule has 0 spiro atoms. The van der Waals surface area contributed by atoms with Gasteiger partial charge in [0.25, 0.3) is 0 Å². The Hall–Kier alpha value is -1.68. The highest BCUT2D eigenvalue weighted by Gasteiger charge is 2.15. The predicted molar refractivity (Wildman–Crippen MR) is 138 cm³/mol. The van der Waals surface area contributed by atoms with Crippen LogP contribution in [0.15, 0.2) is 0 Å². The highest BCUT2D eigenvalue weighted by atomic mass is 16.6. The average Bonchev–Trinajstić information content (AvgIpc) is 2.86. The van der Waals surface area contributed by atoms with E-state index in [1.54, 1.807) is 0 Å². The van der Waals surface area contributed by atoms with Crippen LogP contribution in [0.25, 0.3) is 0 Å². The summed E-state index contributed by atoms with van der Waals surface area (Å²) in [6.07, 6.45) is -0.863. The normalized spacial score (nSPS) is 12.8.